The Bertz CT molecular complexity index is 914. The number of anilines is 2. The highest BCUT2D eigenvalue weighted by molar-refractivity contribution is 5.99. The van der Waals surface area contributed by atoms with Crippen molar-refractivity contribution in [3.8, 4) is 0 Å². The Morgan fingerprint density at radius 2 is 1.96 bits per heavy atom. The van der Waals surface area contributed by atoms with Gasteiger partial charge in [-0.3, -0.25) is 15.1 Å². The summed E-state index contributed by atoms with van der Waals surface area (Å²) < 4.78 is 0. The normalized spacial score (nSPS) is 17.0. The number of nitro benzene ring substituents is 1. The zero-order valence-electron chi connectivity index (χ0n) is 13.6. The number of pyridine rings is 1. The third-order valence-corrected chi connectivity index (χ3v) is 4.66. The van der Waals surface area contributed by atoms with E-state index in [0.29, 0.717) is 11.4 Å². The van der Waals surface area contributed by atoms with Crippen molar-refractivity contribution in [3.63, 3.8) is 0 Å². The summed E-state index contributed by atoms with van der Waals surface area (Å²) in [6, 6.07) is 15.8. The van der Waals surface area contributed by atoms with Gasteiger partial charge in [0.05, 0.1) is 10.3 Å². The zero-order valence-corrected chi connectivity index (χ0v) is 13.6. The molecule has 126 valence electrons. The maximum Gasteiger partial charge on any atom is 0.278 e. The Balaban J connectivity index is 1.58. The Kier molecular flexibility index (Phi) is 3.93. The number of hydrogen-bond acceptors (Lipinski definition) is 5. The van der Waals surface area contributed by atoms with E-state index in [0.717, 1.165) is 30.6 Å². The van der Waals surface area contributed by atoms with Gasteiger partial charge in [-0.2, -0.15) is 0 Å². The molecule has 1 fully saturated rings. The number of fused-ring (bicyclic) bond motifs is 1. The predicted molar refractivity (Wildman–Crippen MR) is 99.1 cm³/mol. The van der Waals surface area contributed by atoms with Gasteiger partial charge in [-0.25, -0.2) is 0 Å². The standard InChI is InChI=1S/C19H18N4O2/c24-23(25)19-7-6-18(16-8-10-20-12-17(16)19)21-14-9-11-22(13-14)15-4-2-1-3-5-15/h1-8,10,12,14,21H,9,11,13H2. The van der Waals surface area contributed by atoms with E-state index in [-0.39, 0.29) is 10.6 Å². The summed E-state index contributed by atoms with van der Waals surface area (Å²) in [4.78, 5) is 17.3. The maximum atomic E-state index is 11.2. The van der Waals surface area contributed by atoms with E-state index in [4.69, 9.17) is 0 Å². The number of nitrogens with zero attached hydrogens (tertiary/aromatic N) is 3. The molecule has 4 rings (SSSR count). The lowest BCUT2D eigenvalue weighted by Gasteiger charge is -2.20. The van der Waals surface area contributed by atoms with E-state index in [1.807, 2.05) is 24.3 Å². The van der Waals surface area contributed by atoms with Crippen molar-refractivity contribution in [2.75, 3.05) is 23.3 Å². The largest absolute Gasteiger partial charge is 0.380 e. The van der Waals surface area contributed by atoms with E-state index in [1.165, 1.54) is 5.69 Å². The second-order valence-electron chi connectivity index (χ2n) is 6.22. The first-order valence-electron chi connectivity index (χ1n) is 8.30. The first-order valence-corrected chi connectivity index (χ1v) is 8.30. The lowest BCUT2D eigenvalue weighted by Crippen LogP contribution is -2.26. The average molecular weight is 334 g/mol. The second kappa shape index (κ2) is 6.39. The first kappa shape index (κ1) is 15.4. The van der Waals surface area contributed by atoms with Gasteiger partial charge in [0, 0.05) is 54.4 Å². The van der Waals surface area contributed by atoms with Crippen LogP contribution < -0.4 is 10.2 Å². The molecular formula is C19H18N4O2. The van der Waals surface area contributed by atoms with Crippen molar-refractivity contribution in [2.24, 2.45) is 0 Å². The lowest BCUT2D eigenvalue weighted by atomic mass is 10.1. The Morgan fingerprint density at radius 3 is 2.76 bits per heavy atom. The quantitative estimate of drug-likeness (QED) is 0.580. The number of para-hydroxylation sites is 1. The first-order chi connectivity index (χ1) is 12.2. The Hall–Kier alpha value is -3.15. The third kappa shape index (κ3) is 2.98. The smallest absolute Gasteiger partial charge is 0.278 e. The fraction of sp³-hybridized carbons (Fsp3) is 0.211. The second-order valence-corrected chi connectivity index (χ2v) is 6.22. The SMILES string of the molecule is O=[N+]([O-])c1ccc(NC2CCN(c3ccccc3)C2)c2ccncc12. The minimum Gasteiger partial charge on any atom is -0.380 e. The van der Waals surface area contributed by atoms with Gasteiger partial charge in [0.25, 0.3) is 5.69 Å². The number of aromatic nitrogens is 1. The fourth-order valence-electron chi connectivity index (χ4n) is 3.43. The van der Waals surface area contributed by atoms with Crippen LogP contribution in [-0.2, 0) is 0 Å². The molecule has 1 aliphatic rings. The van der Waals surface area contributed by atoms with Crippen LogP contribution in [0, 0.1) is 10.1 Å². The number of nitro groups is 1. The van der Waals surface area contributed by atoms with Gasteiger partial charge in [-0.05, 0) is 30.7 Å². The van der Waals surface area contributed by atoms with Crippen LogP contribution in [0.3, 0.4) is 0 Å². The number of nitrogens with one attached hydrogen (secondary N) is 1. The molecule has 1 aliphatic heterocycles. The third-order valence-electron chi connectivity index (χ3n) is 4.66. The molecule has 2 heterocycles. The summed E-state index contributed by atoms with van der Waals surface area (Å²) >= 11 is 0. The summed E-state index contributed by atoms with van der Waals surface area (Å²) in [5, 5.41) is 16.2. The van der Waals surface area contributed by atoms with Crippen LogP contribution in [0.25, 0.3) is 10.8 Å². The van der Waals surface area contributed by atoms with Crippen LogP contribution in [0.15, 0.2) is 60.9 Å². The molecular weight excluding hydrogens is 316 g/mol. The molecule has 0 bridgehead atoms. The molecule has 0 amide bonds. The minimum absolute atomic E-state index is 0.0889. The van der Waals surface area contributed by atoms with E-state index >= 15 is 0 Å². The molecule has 1 aromatic heterocycles. The van der Waals surface area contributed by atoms with Crippen molar-refractivity contribution in [1.29, 1.82) is 0 Å². The number of hydrogen-bond donors (Lipinski definition) is 1. The maximum absolute atomic E-state index is 11.2. The van der Waals surface area contributed by atoms with Gasteiger partial charge in [0.1, 0.15) is 0 Å². The van der Waals surface area contributed by atoms with Crippen LogP contribution in [0.5, 0.6) is 0 Å². The van der Waals surface area contributed by atoms with Crippen LogP contribution >= 0.6 is 0 Å². The summed E-state index contributed by atoms with van der Waals surface area (Å²) in [6.07, 6.45) is 4.25. The van der Waals surface area contributed by atoms with Crippen molar-refractivity contribution in [3.05, 3.63) is 71.0 Å². The lowest BCUT2D eigenvalue weighted by molar-refractivity contribution is -0.383. The van der Waals surface area contributed by atoms with Gasteiger partial charge < -0.3 is 10.2 Å². The van der Waals surface area contributed by atoms with E-state index in [2.05, 4.69) is 27.3 Å². The highest BCUT2D eigenvalue weighted by Crippen LogP contribution is 2.32. The molecule has 1 N–H and O–H groups in total. The molecule has 1 atom stereocenters. The molecule has 0 spiro atoms. The van der Waals surface area contributed by atoms with Crippen molar-refractivity contribution < 1.29 is 4.92 Å². The minimum atomic E-state index is -0.361. The molecule has 0 saturated carbocycles. The van der Waals surface area contributed by atoms with Crippen molar-refractivity contribution in [2.45, 2.75) is 12.5 Å². The molecule has 2 aromatic carbocycles. The van der Waals surface area contributed by atoms with Crippen LogP contribution in [0.4, 0.5) is 17.1 Å². The van der Waals surface area contributed by atoms with E-state index in [9.17, 15) is 10.1 Å². The highest BCUT2D eigenvalue weighted by atomic mass is 16.6. The van der Waals surface area contributed by atoms with Gasteiger partial charge >= 0.3 is 0 Å². The van der Waals surface area contributed by atoms with Gasteiger partial charge in [-0.15, -0.1) is 0 Å². The summed E-state index contributed by atoms with van der Waals surface area (Å²) in [6.45, 7) is 1.90. The number of rotatable bonds is 4. The Morgan fingerprint density at radius 1 is 1.12 bits per heavy atom. The molecule has 0 aliphatic carbocycles. The number of benzene rings is 2. The zero-order chi connectivity index (χ0) is 17.2. The van der Waals surface area contributed by atoms with Crippen molar-refractivity contribution >= 4 is 27.8 Å². The van der Waals surface area contributed by atoms with Crippen LogP contribution in [0.2, 0.25) is 0 Å². The molecule has 1 unspecified atom stereocenters. The molecule has 6 nitrogen and oxygen atoms in total. The molecule has 1 saturated heterocycles. The van der Waals surface area contributed by atoms with Crippen molar-refractivity contribution in [1.82, 2.24) is 4.98 Å². The van der Waals surface area contributed by atoms with Gasteiger partial charge in [-0.1, -0.05) is 18.2 Å². The van der Waals surface area contributed by atoms with Gasteiger partial charge in [0.15, 0.2) is 0 Å². The molecule has 3 aromatic rings. The number of non-ortho nitro benzene ring substituents is 1. The van der Waals surface area contributed by atoms with E-state index in [1.54, 1.807) is 24.5 Å². The predicted octanol–water partition coefficient (Wildman–Crippen LogP) is 3.83. The van der Waals surface area contributed by atoms with Crippen LogP contribution in [0.1, 0.15) is 6.42 Å². The monoisotopic (exact) mass is 334 g/mol. The molecule has 6 heteroatoms. The fourth-order valence-corrected chi connectivity index (χ4v) is 3.43. The van der Waals surface area contributed by atoms with Gasteiger partial charge in [0.2, 0.25) is 0 Å². The Labute approximate surface area is 145 Å². The summed E-state index contributed by atoms with van der Waals surface area (Å²) in [5.41, 5.74) is 2.23. The summed E-state index contributed by atoms with van der Waals surface area (Å²) in [5.74, 6) is 0. The topological polar surface area (TPSA) is 71.3 Å². The average Bonchev–Trinajstić information content (AvgIpc) is 3.11. The van der Waals surface area contributed by atoms with E-state index < -0.39 is 0 Å². The van der Waals surface area contributed by atoms with Crippen LogP contribution in [-0.4, -0.2) is 29.0 Å². The summed E-state index contributed by atoms with van der Waals surface area (Å²) in [7, 11) is 0. The molecule has 0 radical (unpaired) electrons. The highest BCUT2D eigenvalue weighted by Gasteiger charge is 2.23. The molecule has 25 heavy (non-hydrogen) atoms.